The first-order valence-electron chi connectivity index (χ1n) is 11.1. The number of carbonyl (C=O) groups excluding carboxylic acids is 2. The van der Waals surface area contributed by atoms with E-state index in [2.05, 4.69) is 46.3 Å². The molecule has 2 aromatic carbocycles. The minimum Gasteiger partial charge on any atom is -0.356 e. The fourth-order valence-corrected chi connectivity index (χ4v) is 4.59. The maximum atomic E-state index is 12.8. The summed E-state index contributed by atoms with van der Waals surface area (Å²) in [6.07, 6.45) is 5.36. The second-order valence-corrected chi connectivity index (χ2v) is 8.21. The number of hydroxylamine groups is 1. The molecule has 0 saturated carbocycles. The van der Waals surface area contributed by atoms with E-state index < -0.39 is 0 Å². The third-order valence-corrected chi connectivity index (χ3v) is 6.12. The quantitative estimate of drug-likeness (QED) is 0.279. The maximum Gasteiger partial charge on any atom is 0.243 e. The zero-order chi connectivity index (χ0) is 21.6. The van der Waals surface area contributed by atoms with Gasteiger partial charge in [-0.1, -0.05) is 49.2 Å². The van der Waals surface area contributed by atoms with Crippen molar-refractivity contribution in [2.45, 2.75) is 44.9 Å². The molecule has 31 heavy (non-hydrogen) atoms. The molecule has 1 aromatic heterocycles. The number of fused-ring (bicyclic) bond motifs is 3. The Balaban J connectivity index is 1.36. The van der Waals surface area contributed by atoms with Gasteiger partial charge in [0.2, 0.25) is 11.8 Å². The molecular formula is C25H29N3O3. The predicted molar refractivity (Wildman–Crippen MR) is 120 cm³/mol. The van der Waals surface area contributed by atoms with E-state index >= 15 is 0 Å². The van der Waals surface area contributed by atoms with Crippen molar-refractivity contribution in [3.8, 4) is 5.69 Å². The highest BCUT2D eigenvalue weighted by Crippen LogP contribution is 2.37. The molecule has 0 saturated heterocycles. The van der Waals surface area contributed by atoms with Crippen molar-refractivity contribution < 1.29 is 14.8 Å². The van der Waals surface area contributed by atoms with Crippen LogP contribution < -0.4 is 10.8 Å². The molecule has 1 unspecified atom stereocenters. The number of nitrogens with zero attached hydrogens (tertiary/aromatic N) is 1. The van der Waals surface area contributed by atoms with Gasteiger partial charge in [0.15, 0.2) is 0 Å². The van der Waals surface area contributed by atoms with Gasteiger partial charge >= 0.3 is 0 Å². The summed E-state index contributed by atoms with van der Waals surface area (Å²) in [6.45, 7) is 0.658. The van der Waals surface area contributed by atoms with Gasteiger partial charge in [0, 0.05) is 42.1 Å². The number of nitrogens with one attached hydrogen (secondary N) is 2. The van der Waals surface area contributed by atoms with Crippen molar-refractivity contribution in [1.29, 1.82) is 0 Å². The Kier molecular flexibility index (Phi) is 6.67. The molecule has 0 aliphatic heterocycles. The summed E-state index contributed by atoms with van der Waals surface area (Å²) < 4.78 is 2.31. The van der Waals surface area contributed by atoms with Crippen molar-refractivity contribution in [1.82, 2.24) is 15.4 Å². The highest BCUT2D eigenvalue weighted by molar-refractivity contribution is 5.90. The lowest BCUT2D eigenvalue weighted by Gasteiger charge is -2.13. The number of hydrogen-bond acceptors (Lipinski definition) is 3. The molecular weight excluding hydrogens is 390 g/mol. The fourth-order valence-electron chi connectivity index (χ4n) is 4.59. The van der Waals surface area contributed by atoms with E-state index in [1.165, 1.54) is 22.2 Å². The molecule has 1 heterocycles. The standard InChI is InChI=1S/C25H29N3O3/c29-24(27-31)14-6-1-2-9-15-26-25(30)18-16-21-20-12-7-8-13-22(20)28(23(21)17-18)19-10-4-3-5-11-19/h3-5,7-8,10-13,18,31H,1-2,6,9,14-17H2,(H,26,30)(H,27,29). The lowest BCUT2D eigenvalue weighted by atomic mass is 10.0. The van der Waals surface area contributed by atoms with Gasteiger partial charge in [-0.05, 0) is 43.0 Å². The summed E-state index contributed by atoms with van der Waals surface area (Å²) in [7, 11) is 0. The number of benzene rings is 2. The van der Waals surface area contributed by atoms with Gasteiger partial charge in [-0.3, -0.25) is 14.8 Å². The minimum absolute atomic E-state index is 0.0298. The molecule has 6 heteroatoms. The zero-order valence-electron chi connectivity index (χ0n) is 17.6. The molecule has 162 valence electrons. The normalized spacial score (nSPS) is 15.1. The van der Waals surface area contributed by atoms with Crippen molar-refractivity contribution in [2.75, 3.05) is 6.54 Å². The largest absolute Gasteiger partial charge is 0.356 e. The highest BCUT2D eigenvalue weighted by atomic mass is 16.5. The predicted octanol–water partition coefficient (Wildman–Crippen LogP) is 3.92. The molecule has 3 aromatic rings. The Morgan fingerprint density at radius 2 is 1.68 bits per heavy atom. The topological polar surface area (TPSA) is 83.4 Å². The van der Waals surface area contributed by atoms with E-state index in [1.54, 1.807) is 5.48 Å². The third kappa shape index (κ3) is 4.64. The van der Waals surface area contributed by atoms with Crippen LogP contribution in [0.15, 0.2) is 54.6 Å². The van der Waals surface area contributed by atoms with Crippen LogP contribution in [0.4, 0.5) is 0 Å². The number of rotatable bonds is 9. The van der Waals surface area contributed by atoms with Gasteiger partial charge in [0.05, 0.1) is 5.52 Å². The molecule has 0 bridgehead atoms. The van der Waals surface area contributed by atoms with E-state index in [9.17, 15) is 9.59 Å². The highest BCUT2D eigenvalue weighted by Gasteiger charge is 2.32. The van der Waals surface area contributed by atoms with Crippen LogP contribution in [0.25, 0.3) is 16.6 Å². The van der Waals surface area contributed by atoms with Crippen LogP contribution in [0.3, 0.4) is 0 Å². The molecule has 0 fully saturated rings. The van der Waals surface area contributed by atoms with Crippen LogP contribution in [0, 0.1) is 5.92 Å². The van der Waals surface area contributed by atoms with Crippen molar-refractivity contribution in [3.05, 3.63) is 65.9 Å². The Hall–Kier alpha value is -3.12. The Morgan fingerprint density at radius 1 is 0.935 bits per heavy atom. The van der Waals surface area contributed by atoms with Crippen LogP contribution in [0.2, 0.25) is 0 Å². The van der Waals surface area contributed by atoms with Crippen LogP contribution in [-0.4, -0.2) is 28.1 Å². The molecule has 4 rings (SSSR count). The van der Waals surface area contributed by atoms with E-state index in [1.807, 2.05) is 18.2 Å². The number of para-hydroxylation sites is 2. The number of aromatic nitrogens is 1. The molecule has 6 nitrogen and oxygen atoms in total. The van der Waals surface area contributed by atoms with Crippen molar-refractivity contribution in [3.63, 3.8) is 0 Å². The van der Waals surface area contributed by atoms with E-state index in [-0.39, 0.29) is 17.7 Å². The van der Waals surface area contributed by atoms with Crippen LogP contribution >= 0.6 is 0 Å². The number of carbonyl (C=O) groups is 2. The first kappa shape index (κ1) is 21.1. The first-order chi connectivity index (χ1) is 15.2. The van der Waals surface area contributed by atoms with Crippen LogP contribution in [-0.2, 0) is 22.4 Å². The average molecular weight is 420 g/mol. The average Bonchev–Trinajstić information content (AvgIpc) is 3.36. The number of amides is 2. The molecule has 3 N–H and O–H groups in total. The van der Waals surface area contributed by atoms with E-state index in [0.717, 1.165) is 44.2 Å². The summed E-state index contributed by atoms with van der Waals surface area (Å²) in [4.78, 5) is 23.8. The summed E-state index contributed by atoms with van der Waals surface area (Å²) >= 11 is 0. The van der Waals surface area contributed by atoms with Gasteiger partial charge in [-0.15, -0.1) is 0 Å². The van der Waals surface area contributed by atoms with E-state index in [0.29, 0.717) is 13.0 Å². The summed E-state index contributed by atoms with van der Waals surface area (Å²) in [5.41, 5.74) is 6.52. The fraction of sp³-hybridized carbons (Fsp3) is 0.360. The third-order valence-electron chi connectivity index (χ3n) is 6.12. The first-order valence-corrected chi connectivity index (χ1v) is 11.1. The van der Waals surface area contributed by atoms with Crippen molar-refractivity contribution in [2.24, 2.45) is 5.92 Å². The maximum absolute atomic E-state index is 12.8. The number of unbranched alkanes of at least 4 members (excludes halogenated alkanes) is 3. The van der Waals surface area contributed by atoms with Gasteiger partial charge < -0.3 is 9.88 Å². The molecule has 1 atom stereocenters. The molecule has 1 aliphatic rings. The van der Waals surface area contributed by atoms with Gasteiger partial charge in [-0.2, -0.15) is 0 Å². The summed E-state index contributed by atoms with van der Waals surface area (Å²) in [5, 5.41) is 12.8. The minimum atomic E-state index is -0.346. The number of hydrogen-bond donors (Lipinski definition) is 3. The monoisotopic (exact) mass is 419 g/mol. The van der Waals surface area contributed by atoms with Crippen LogP contribution in [0.1, 0.15) is 43.4 Å². The lowest BCUT2D eigenvalue weighted by Crippen LogP contribution is -2.32. The van der Waals surface area contributed by atoms with Gasteiger partial charge in [0.1, 0.15) is 0 Å². The molecule has 0 radical (unpaired) electrons. The smallest absolute Gasteiger partial charge is 0.243 e. The van der Waals surface area contributed by atoms with Crippen LogP contribution in [0.5, 0.6) is 0 Å². The lowest BCUT2D eigenvalue weighted by molar-refractivity contribution is -0.129. The summed E-state index contributed by atoms with van der Waals surface area (Å²) in [5.74, 6) is -0.251. The second-order valence-electron chi connectivity index (χ2n) is 8.21. The SMILES string of the molecule is O=C(CCCCCCNC(=O)C1Cc2c(n(-c3ccccc3)c3ccccc23)C1)NO. The van der Waals surface area contributed by atoms with Crippen molar-refractivity contribution >= 4 is 22.7 Å². The summed E-state index contributed by atoms with van der Waals surface area (Å²) in [6, 6.07) is 18.8. The van der Waals surface area contributed by atoms with Gasteiger partial charge in [0.25, 0.3) is 0 Å². The Morgan fingerprint density at radius 3 is 2.48 bits per heavy atom. The Labute approximate surface area is 182 Å². The zero-order valence-corrected chi connectivity index (χ0v) is 17.6. The molecule has 1 aliphatic carbocycles. The van der Waals surface area contributed by atoms with Gasteiger partial charge in [-0.25, -0.2) is 5.48 Å². The molecule has 2 amide bonds. The Bertz CT molecular complexity index is 1060. The second kappa shape index (κ2) is 9.79. The molecule has 0 spiro atoms. The van der Waals surface area contributed by atoms with E-state index in [4.69, 9.17) is 5.21 Å².